The second-order valence-electron chi connectivity index (χ2n) is 6.21. The van der Waals surface area contributed by atoms with Crippen molar-refractivity contribution in [3.8, 4) is 22.4 Å². The number of amides is 1. The van der Waals surface area contributed by atoms with E-state index in [0.717, 1.165) is 42.6 Å². The van der Waals surface area contributed by atoms with Gasteiger partial charge in [-0.05, 0) is 18.4 Å². The smallest absolute Gasteiger partial charge is 0.256 e. The number of likely N-dealkylation sites (tertiary alicyclic amines) is 1. The Kier molecular flexibility index (Phi) is 4.25. The minimum Gasteiger partial charge on any atom is -0.339 e. The second-order valence-corrected chi connectivity index (χ2v) is 6.21. The van der Waals surface area contributed by atoms with E-state index < -0.39 is 0 Å². The minimum absolute atomic E-state index is 0.0464. The van der Waals surface area contributed by atoms with Gasteiger partial charge in [0.15, 0.2) is 0 Å². The first-order chi connectivity index (χ1) is 12.3. The maximum Gasteiger partial charge on any atom is 0.256 e. The molecule has 2 heterocycles. The Labute approximate surface area is 147 Å². The lowest BCUT2D eigenvalue weighted by molar-refractivity contribution is 0.0794. The number of hydrogen-bond donors (Lipinski definition) is 0. The van der Waals surface area contributed by atoms with Crippen molar-refractivity contribution in [3.05, 3.63) is 72.4 Å². The molecule has 0 aliphatic carbocycles. The van der Waals surface area contributed by atoms with Gasteiger partial charge in [-0.25, -0.2) is 0 Å². The Bertz CT molecular complexity index is 814. The van der Waals surface area contributed by atoms with Crippen molar-refractivity contribution in [1.82, 2.24) is 15.1 Å². The van der Waals surface area contributed by atoms with Crippen LogP contribution >= 0.6 is 0 Å². The van der Waals surface area contributed by atoms with Gasteiger partial charge in [-0.15, -0.1) is 5.10 Å². The van der Waals surface area contributed by atoms with Crippen LogP contribution in [-0.4, -0.2) is 34.1 Å². The van der Waals surface area contributed by atoms with Gasteiger partial charge in [0.25, 0.3) is 5.91 Å². The molecule has 0 radical (unpaired) electrons. The summed E-state index contributed by atoms with van der Waals surface area (Å²) in [6.45, 7) is 1.62. The summed E-state index contributed by atoms with van der Waals surface area (Å²) in [6, 6.07) is 19.7. The standard InChI is InChI=1S/C21H19N3O/c25-21(24-13-7-8-14-24)19-18(16-9-3-1-4-10-16)15-22-23-20(19)17-11-5-2-6-12-17/h1-6,9-12,15H,7-8,13-14H2. The van der Waals surface area contributed by atoms with Gasteiger partial charge in [-0.3, -0.25) is 4.79 Å². The Balaban J connectivity index is 1.91. The molecular formula is C21H19N3O. The summed E-state index contributed by atoms with van der Waals surface area (Å²) in [5.41, 5.74) is 4.03. The molecule has 124 valence electrons. The molecule has 4 nitrogen and oxygen atoms in total. The van der Waals surface area contributed by atoms with Gasteiger partial charge in [0.2, 0.25) is 0 Å². The predicted octanol–water partition coefficient (Wildman–Crippen LogP) is 4.05. The van der Waals surface area contributed by atoms with Crippen LogP contribution in [0.2, 0.25) is 0 Å². The van der Waals surface area contributed by atoms with Gasteiger partial charge in [0.1, 0.15) is 5.69 Å². The van der Waals surface area contributed by atoms with Crippen LogP contribution in [0.3, 0.4) is 0 Å². The van der Waals surface area contributed by atoms with Gasteiger partial charge in [-0.2, -0.15) is 5.10 Å². The third-order valence-electron chi connectivity index (χ3n) is 4.59. The van der Waals surface area contributed by atoms with Crippen molar-refractivity contribution in [1.29, 1.82) is 0 Å². The Morgan fingerprint density at radius 1 is 0.840 bits per heavy atom. The van der Waals surface area contributed by atoms with Crippen LogP contribution in [0.1, 0.15) is 23.2 Å². The Morgan fingerprint density at radius 2 is 1.44 bits per heavy atom. The largest absolute Gasteiger partial charge is 0.339 e. The topological polar surface area (TPSA) is 46.1 Å². The highest BCUT2D eigenvalue weighted by atomic mass is 16.2. The molecule has 0 bridgehead atoms. The fourth-order valence-electron chi connectivity index (χ4n) is 3.32. The third kappa shape index (κ3) is 3.03. The zero-order valence-corrected chi connectivity index (χ0v) is 13.9. The first kappa shape index (κ1) is 15.5. The molecule has 4 heteroatoms. The van der Waals surface area contributed by atoms with Gasteiger partial charge in [-0.1, -0.05) is 60.7 Å². The number of carbonyl (C=O) groups excluding carboxylic acids is 1. The first-order valence-corrected chi connectivity index (χ1v) is 8.60. The fraction of sp³-hybridized carbons (Fsp3) is 0.190. The maximum atomic E-state index is 13.3. The SMILES string of the molecule is O=C(c1c(-c2ccccc2)cnnc1-c1ccccc1)N1CCCC1. The molecule has 0 spiro atoms. The van der Waals surface area contributed by atoms with Gasteiger partial charge in [0, 0.05) is 24.2 Å². The molecule has 0 N–H and O–H groups in total. The molecule has 1 fully saturated rings. The van der Waals surface area contributed by atoms with E-state index in [0.29, 0.717) is 11.3 Å². The van der Waals surface area contributed by atoms with Gasteiger partial charge in [0.05, 0.1) is 11.8 Å². The van der Waals surface area contributed by atoms with Crippen LogP contribution in [-0.2, 0) is 0 Å². The highest BCUT2D eigenvalue weighted by molar-refractivity contribution is 6.05. The number of rotatable bonds is 3. The van der Waals surface area contributed by atoms with Crippen molar-refractivity contribution in [2.75, 3.05) is 13.1 Å². The van der Waals surface area contributed by atoms with Crippen LogP contribution in [0.15, 0.2) is 66.9 Å². The molecule has 1 aliphatic heterocycles. The molecule has 1 saturated heterocycles. The zero-order chi connectivity index (χ0) is 17.1. The zero-order valence-electron chi connectivity index (χ0n) is 13.9. The van der Waals surface area contributed by atoms with E-state index in [2.05, 4.69) is 10.2 Å². The Morgan fingerprint density at radius 3 is 2.08 bits per heavy atom. The summed E-state index contributed by atoms with van der Waals surface area (Å²) in [4.78, 5) is 15.2. The van der Waals surface area contributed by atoms with Crippen molar-refractivity contribution in [3.63, 3.8) is 0 Å². The first-order valence-electron chi connectivity index (χ1n) is 8.60. The second kappa shape index (κ2) is 6.85. The van der Waals surface area contributed by atoms with Crippen molar-refractivity contribution in [2.45, 2.75) is 12.8 Å². The summed E-state index contributed by atoms with van der Waals surface area (Å²) in [7, 11) is 0. The van der Waals surface area contributed by atoms with Crippen LogP contribution < -0.4 is 0 Å². The van der Waals surface area contributed by atoms with E-state index in [4.69, 9.17) is 0 Å². The predicted molar refractivity (Wildman–Crippen MR) is 98.0 cm³/mol. The molecule has 1 aliphatic rings. The summed E-state index contributed by atoms with van der Waals surface area (Å²) >= 11 is 0. The molecule has 0 unspecified atom stereocenters. The molecule has 0 saturated carbocycles. The monoisotopic (exact) mass is 329 g/mol. The van der Waals surface area contributed by atoms with E-state index in [1.807, 2.05) is 65.6 Å². The van der Waals surface area contributed by atoms with Crippen LogP contribution in [0.4, 0.5) is 0 Å². The summed E-state index contributed by atoms with van der Waals surface area (Å²) in [6.07, 6.45) is 3.82. The van der Waals surface area contributed by atoms with Crippen molar-refractivity contribution >= 4 is 5.91 Å². The summed E-state index contributed by atoms with van der Waals surface area (Å²) in [5, 5.41) is 8.52. The molecule has 2 aromatic carbocycles. The highest BCUT2D eigenvalue weighted by Crippen LogP contribution is 2.31. The van der Waals surface area contributed by atoms with Crippen LogP contribution in [0.5, 0.6) is 0 Å². The van der Waals surface area contributed by atoms with E-state index >= 15 is 0 Å². The molecular weight excluding hydrogens is 310 g/mol. The summed E-state index contributed by atoms with van der Waals surface area (Å²) in [5.74, 6) is 0.0464. The van der Waals surface area contributed by atoms with E-state index in [9.17, 15) is 4.79 Å². The molecule has 4 rings (SSSR count). The maximum absolute atomic E-state index is 13.3. The van der Waals surface area contributed by atoms with E-state index in [1.54, 1.807) is 6.20 Å². The van der Waals surface area contributed by atoms with Gasteiger partial charge >= 0.3 is 0 Å². The van der Waals surface area contributed by atoms with Crippen molar-refractivity contribution < 1.29 is 4.79 Å². The van der Waals surface area contributed by atoms with E-state index in [-0.39, 0.29) is 5.91 Å². The Hall–Kier alpha value is -3.01. The average molecular weight is 329 g/mol. The normalized spacial score (nSPS) is 13.8. The third-order valence-corrected chi connectivity index (χ3v) is 4.59. The summed E-state index contributed by atoms with van der Waals surface area (Å²) < 4.78 is 0. The molecule has 1 amide bonds. The molecule has 1 aromatic heterocycles. The average Bonchev–Trinajstić information content (AvgIpc) is 3.23. The minimum atomic E-state index is 0.0464. The number of aromatic nitrogens is 2. The lowest BCUT2D eigenvalue weighted by Gasteiger charge is -2.19. The molecule has 0 atom stereocenters. The lowest BCUT2D eigenvalue weighted by atomic mass is 9.96. The fourth-order valence-corrected chi connectivity index (χ4v) is 3.32. The number of nitrogens with zero attached hydrogens (tertiary/aromatic N) is 3. The number of hydrogen-bond acceptors (Lipinski definition) is 3. The van der Waals surface area contributed by atoms with Crippen molar-refractivity contribution in [2.24, 2.45) is 0 Å². The molecule has 3 aromatic rings. The van der Waals surface area contributed by atoms with Gasteiger partial charge < -0.3 is 4.90 Å². The van der Waals surface area contributed by atoms with E-state index in [1.165, 1.54) is 0 Å². The highest BCUT2D eigenvalue weighted by Gasteiger charge is 2.26. The van der Waals surface area contributed by atoms with Crippen LogP contribution in [0, 0.1) is 0 Å². The number of carbonyl (C=O) groups is 1. The quantitative estimate of drug-likeness (QED) is 0.728. The van der Waals surface area contributed by atoms with Crippen LogP contribution in [0.25, 0.3) is 22.4 Å². The lowest BCUT2D eigenvalue weighted by Crippen LogP contribution is -2.29. The molecule has 25 heavy (non-hydrogen) atoms. The number of benzene rings is 2.